The Hall–Kier alpha value is -4.27. The molecular weight excluding hydrogens is 398 g/mol. The topological polar surface area (TPSA) is 103 Å². The van der Waals surface area contributed by atoms with Gasteiger partial charge in [0.1, 0.15) is 17.3 Å². The number of fused-ring (bicyclic) bond motifs is 1. The highest BCUT2D eigenvalue weighted by Gasteiger charge is 2.18. The summed E-state index contributed by atoms with van der Waals surface area (Å²) in [4.78, 5) is 12.8. The number of aromatic amines is 1. The average Bonchev–Trinajstić information content (AvgIpc) is 3.53. The number of rotatable bonds is 5. The van der Waals surface area contributed by atoms with Crippen molar-refractivity contribution in [2.24, 2.45) is 7.05 Å². The number of hydrogen-bond acceptors (Lipinski definition) is 6. The second kappa shape index (κ2) is 7.52. The minimum absolute atomic E-state index is 0.203. The summed E-state index contributed by atoms with van der Waals surface area (Å²) in [5.74, 6) is 2.28. The first-order valence-electron chi connectivity index (χ1n) is 9.56. The lowest BCUT2D eigenvalue weighted by atomic mass is 10.1. The van der Waals surface area contributed by atoms with E-state index in [0.29, 0.717) is 40.1 Å². The zero-order chi connectivity index (χ0) is 21.4. The molecule has 0 bridgehead atoms. The molecule has 0 saturated heterocycles. The molecule has 0 unspecified atom stereocenters. The fraction of sp³-hybridized carbons (Fsp3) is 0.136. The number of H-pyrrole nitrogens is 1. The maximum atomic E-state index is 12.8. The minimum atomic E-state index is -0.325. The third kappa shape index (κ3) is 3.46. The van der Waals surface area contributed by atoms with Crippen molar-refractivity contribution in [2.45, 2.75) is 0 Å². The molecule has 0 atom stereocenters. The lowest BCUT2D eigenvalue weighted by Crippen LogP contribution is -2.14. The minimum Gasteiger partial charge on any atom is -0.496 e. The molecule has 0 fully saturated rings. The summed E-state index contributed by atoms with van der Waals surface area (Å²) < 4.78 is 17.7. The first-order chi connectivity index (χ1) is 15.1. The number of para-hydroxylation sites is 1. The Balaban J connectivity index is 1.36. The SMILES string of the molecule is COc1ccccc1-c1cc(NC(=O)c2cc(-c3ccc4c(c3)OCO4)n[nH]2)n(C)n1. The molecule has 156 valence electrons. The standard InChI is InChI=1S/C22H19N5O4/c1-27-21(11-16(26-27)14-5-3-4-6-18(14)29-2)23-22(28)17-10-15(24-25-17)13-7-8-19-20(9-13)31-12-30-19/h3-11H,12H2,1-2H3,(H,23,28)(H,24,25). The largest absolute Gasteiger partial charge is 0.496 e. The van der Waals surface area contributed by atoms with Crippen LogP contribution in [0.2, 0.25) is 0 Å². The molecule has 4 aromatic rings. The van der Waals surface area contributed by atoms with Gasteiger partial charge in [0, 0.05) is 24.2 Å². The van der Waals surface area contributed by atoms with Gasteiger partial charge in [-0.25, -0.2) is 0 Å². The van der Waals surface area contributed by atoms with E-state index in [1.807, 2.05) is 42.5 Å². The second-order valence-corrected chi connectivity index (χ2v) is 6.93. The first-order valence-corrected chi connectivity index (χ1v) is 9.56. The van der Waals surface area contributed by atoms with Crippen LogP contribution in [-0.4, -0.2) is 39.8 Å². The summed E-state index contributed by atoms with van der Waals surface area (Å²) >= 11 is 0. The Morgan fingerprint density at radius 3 is 2.81 bits per heavy atom. The summed E-state index contributed by atoms with van der Waals surface area (Å²) in [6.45, 7) is 0.203. The number of hydrogen-bond donors (Lipinski definition) is 2. The van der Waals surface area contributed by atoms with E-state index < -0.39 is 0 Å². The van der Waals surface area contributed by atoms with E-state index >= 15 is 0 Å². The van der Waals surface area contributed by atoms with Crippen molar-refractivity contribution in [3.05, 3.63) is 60.3 Å². The molecule has 3 heterocycles. The van der Waals surface area contributed by atoms with Crippen molar-refractivity contribution in [3.63, 3.8) is 0 Å². The van der Waals surface area contributed by atoms with Gasteiger partial charge >= 0.3 is 0 Å². The van der Waals surface area contributed by atoms with Gasteiger partial charge in [-0.1, -0.05) is 12.1 Å². The van der Waals surface area contributed by atoms with Gasteiger partial charge in [-0.15, -0.1) is 0 Å². The van der Waals surface area contributed by atoms with Gasteiger partial charge in [-0.2, -0.15) is 10.2 Å². The maximum Gasteiger partial charge on any atom is 0.274 e. The molecule has 1 aliphatic heterocycles. The average molecular weight is 417 g/mol. The molecular formula is C22H19N5O4. The van der Waals surface area contributed by atoms with Crippen molar-refractivity contribution in [1.82, 2.24) is 20.0 Å². The molecule has 2 N–H and O–H groups in total. The predicted molar refractivity (Wildman–Crippen MR) is 113 cm³/mol. The van der Waals surface area contributed by atoms with Gasteiger partial charge in [-0.3, -0.25) is 14.6 Å². The molecule has 0 aliphatic carbocycles. The van der Waals surface area contributed by atoms with E-state index in [-0.39, 0.29) is 12.7 Å². The van der Waals surface area contributed by atoms with Crippen LogP contribution in [0.4, 0.5) is 5.82 Å². The monoisotopic (exact) mass is 417 g/mol. The molecule has 9 nitrogen and oxygen atoms in total. The zero-order valence-electron chi connectivity index (χ0n) is 16.9. The quantitative estimate of drug-likeness (QED) is 0.515. The van der Waals surface area contributed by atoms with Crippen LogP contribution in [0, 0.1) is 0 Å². The number of aryl methyl sites for hydroxylation is 1. The molecule has 2 aromatic heterocycles. The van der Waals surface area contributed by atoms with Gasteiger partial charge in [0.15, 0.2) is 11.5 Å². The van der Waals surface area contributed by atoms with Crippen molar-refractivity contribution in [3.8, 4) is 39.8 Å². The van der Waals surface area contributed by atoms with Gasteiger partial charge < -0.3 is 19.5 Å². The summed E-state index contributed by atoms with van der Waals surface area (Å²) in [6.07, 6.45) is 0. The Kier molecular flexibility index (Phi) is 4.55. The molecule has 0 saturated carbocycles. The van der Waals surface area contributed by atoms with Gasteiger partial charge in [-0.05, 0) is 36.4 Å². The number of nitrogens with one attached hydrogen (secondary N) is 2. The molecule has 9 heteroatoms. The lowest BCUT2D eigenvalue weighted by molar-refractivity contribution is 0.102. The summed E-state index contributed by atoms with van der Waals surface area (Å²) in [5.41, 5.74) is 3.31. The normalized spacial score (nSPS) is 12.1. The number of nitrogens with zero attached hydrogens (tertiary/aromatic N) is 3. The van der Waals surface area contributed by atoms with Crippen molar-refractivity contribution in [1.29, 1.82) is 0 Å². The third-order valence-corrected chi connectivity index (χ3v) is 5.00. The van der Waals surface area contributed by atoms with Gasteiger partial charge in [0.05, 0.1) is 18.5 Å². The highest BCUT2D eigenvalue weighted by Crippen LogP contribution is 2.35. The van der Waals surface area contributed by atoms with Crippen LogP contribution < -0.4 is 19.5 Å². The van der Waals surface area contributed by atoms with E-state index in [4.69, 9.17) is 14.2 Å². The smallest absolute Gasteiger partial charge is 0.274 e. The predicted octanol–water partition coefficient (Wildman–Crippen LogP) is 3.47. The highest BCUT2D eigenvalue weighted by molar-refractivity contribution is 6.03. The number of benzene rings is 2. The van der Waals surface area contributed by atoms with E-state index in [2.05, 4.69) is 20.6 Å². The van der Waals surface area contributed by atoms with Crippen LogP contribution in [0.3, 0.4) is 0 Å². The Morgan fingerprint density at radius 2 is 1.94 bits per heavy atom. The van der Waals surface area contributed by atoms with E-state index in [9.17, 15) is 4.79 Å². The van der Waals surface area contributed by atoms with Crippen LogP contribution in [0.1, 0.15) is 10.5 Å². The molecule has 31 heavy (non-hydrogen) atoms. The molecule has 5 rings (SSSR count). The third-order valence-electron chi connectivity index (χ3n) is 5.00. The number of carbonyl (C=O) groups excluding carboxylic acids is 1. The second-order valence-electron chi connectivity index (χ2n) is 6.93. The van der Waals surface area contributed by atoms with Crippen LogP contribution in [0.25, 0.3) is 22.5 Å². The molecule has 0 radical (unpaired) electrons. The van der Waals surface area contributed by atoms with Gasteiger partial charge in [0.25, 0.3) is 5.91 Å². The Morgan fingerprint density at radius 1 is 1.10 bits per heavy atom. The number of aromatic nitrogens is 4. The van der Waals surface area contributed by atoms with Gasteiger partial charge in [0.2, 0.25) is 6.79 Å². The fourth-order valence-electron chi connectivity index (χ4n) is 3.40. The Bertz CT molecular complexity index is 1280. The van der Waals surface area contributed by atoms with Crippen LogP contribution >= 0.6 is 0 Å². The van der Waals surface area contributed by atoms with Crippen LogP contribution in [0.5, 0.6) is 17.2 Å². The van der Waals surface area contributed by atoms with Crippen LogP contribution in [0.15, 0.2) is 54.6 Å². The molecule has 1 amide bonds. The Labute approximate surface area is 177 Å². The number of methoxy groups -OCH3 is 1. The number of anilines is 1. The van der Waals surface area contributed by atoms with E-state index in [1.165, 1.54) is 0 Å². The van der Waals surface area contributed by atoms with Crippen molar-refractivity contribution < 1.29 is 19.0 Å². The number of carbonyl (C=O) groups is 1. The molecule has 1 aliphatic rings. The summed E-state index contributed by atoms with van der Waals surface area (Å²) in [6, 6.07) is 16.6. The van der Waals surface area contributed by atoms with Crippen molar-refractivity contribution in [2.75, 3.05) is 19.2 Å². The summed E-state index contributed by atoms with van der Waals surface area (Å²) in [5, 5.41) is 14.4. The highest BCUT2D eigenvalue weighted by atomic mass is 16.7. The van der Waals surface area contributed by atoms with E-state index in [1.54, 1.807) is 31.0 Å². The maximum absolute atomic E-state index is 12.8. The lowest BCUT2D eigenvalue weighted by Gasteiger charge is -2.04. The van der Waals surface area contributed by atoms with E-state index in [0.717, 1.165) is 11.1 Å². The first kappa shape index (κ1) is 18.7. The number of amides is 1. The zero-order valence-corrected chi connectivity index (χ0v) is 16.9. The van der Waals surface area contributed by atoms with Crippen molar-refractivity contribution >= 4 is 11.7 Å². The number of ether oxygens (including phenoxy) is 3. The molecule has 0 spiro atoms. The van der Waals surface area contributed by atoms with Crippen LogP contribution in [-0.2, 0) is 7.05 Å². The molecule has 2 aromatic carbocycles. The fourth-order valence-corrected chi connectivity index (χ4v) is 3.40. The summed E-state index contributed by atoms with van der Waals surface area (Å²) in [7, 11) is 3.37.